The normalized spacial score (nSPS) is 11.9. The van der Waals surface area contributed by atoms with Gasteiger partial charge in [0.1, 0.15) is 11.2 Å². The van der Waals surface area contributed by atoms with Gasteiger partial charge in [-0.2, -0.15) is 9.97 Å². The number of aromatic nitrogens is 4. The largest absolute Gasteiger partial charge is 0.456 e. The Morgan fingerprint density at radius 1 is 0.306 bits per heavy atom. The maximum absolute atomic E-state index is 6.43. The van der Waals surface area contributed by atoms with Crippen molar-refractivity contribution in [1.29, 1.82) is 0 Å². The molecule has 3 aromatic heterocycles. The van der Waals surface area contributed by atoms with Gasteiger partial charge in [-0.05, 0) is 115 Å². The summed E-state index contributed by atoms with van der Waals surface area (Å²) < 4.78 is 8.65. The summed E-state index contributed by atoms with van der Waals surface area (Å²) in [6, 6.07) is 72.9. The first-order valence-electron chi connectivity index (χ1n) is 20.9. The number of furan rings is 1. The summed E-state index contributed by atoms with van der Waals surface area (Å²) in [5.74, 6) is 1.72. The van der Waals surface area contributed by atoms with Gasteiger partial charge in [0.2, 0.25) is 5.95 Å². The molecule has 5 heteroatoms. The third kappa shape index (κ3) is 5.52. The average Bonchev–Trinajstić information content (AvgIpc) is 3.87. The van der Waals surface area contributed by atoms with Crippen LogP contribution < -0.4 is 0 Å². The molecule has 0 atom stereocenters. The van der Waals surface area contributed by atoms with Crippen molar-refractivity contribution in [3.05, 3.63) is 206 Å². The maximum Gasteiger partial charge on any atom is 0.238 e. The summed E-state index contributed by atoms with van der Waals surface area (Å²) in [7, 11) is 0. The molecular formula is C57H34N4O. The van der Waals surface area contributed by atoms with Crippen molar-refractivity contribution in [2.24, 2.45) is 0 Å². The van der Waals surface area contributed by atoms with E-state index in [0.717, 1.165) is 71.4 Å². The Bertz CT molecular complexity index is 3940. The van der Waals surface area contributed by atoms with Crippen molar-refractivity contribution >= 4 is 76.1 Å². The summed E-state index contributed by atoms with van der Waals surface area (Å²) >= 11 is 0. The molecule has 0 aliphatic heterocycles. The minimum absolute atomic E-state index is 0.551. The average molecular weight is 791 g/mol. The molecule has 0 bridgehead atoms. The molecule has 0 amide bonds. The monoisotopic (exact) mass is 790 g/mol. The second-order valence-electron chi connectivity index (χ2n) is 16.1. The minimum Gasteiger partial charge on any atom is -0.456 e. The minimum atomic E-state index is 0.551. The van der Waals surface area contributed by atoms with Crippen LogP contribution >= 0.6 is 0 Å². The summed E-state index contributed by atoms with van der Waals surface area (Å²) in [5.41, 5.74) is 10.1. The molecule has 0 radical (unpaired) electrons. The highest BCUT2D eigenvalue weighted by Crippen LogP contribution is 2.40. The highest BCUT2D eigenvalue weighted by atomic mass is 16.3. The highest BCUT2D eigenvalue weighted by molar-refractivity contribution is 6.23. The van der Waals surface area contributed by atoms with Crippen molar-refractivity contribution in [3.63, 3.8) is 0 Å². The van der Waals surface area contributed by atoms with Crippen LogP contribution in [0.15, 0.2) is 211 Å². The van der Waals surface area contributed by atoms with Crippen LogP contribution in [0.5, 0.6) is 0 Å². The molecule has 0 saturated carbocycles. The standard InChI is InChI=1S/C57H34N4O/c1-2-12-35(13-3-1)37-19-10-20-38(28-37)39-21-11-22-44(29-39)55-58-56(45-25-27-52-47(32-45)48-30-40-15-5-7-18-43(40)34-53(48)62-52)60-57(59-55)61-50-26-24-36-14-8-9-23-46(36)54(50)49-31-41-16-4-6-17-42(41)33-51(49)61/h1-34H. The third-order valence-electron chi connectivity index (χ3n) is 12.4. The molecule has 0 aliphatic rings. The first-order valence-corrected chi connectivity index (χ1v) is 20.9. The van der Waals surface area contributed by atoms with Crippen LogP contribution in [0.3, 0.4) is 0 Å². The van der Waals surface area contributed by atoms with Crippen LogP contribution in [0.2, 0.25) is 0 Å². The second-order valence-corrected chi connectivity index (χ2v) is 16.1. The van der Waals surface area contributed by atoms with E-state index < -0.39 is 0 Å². The van der Waals surface area contributed by atoms with Crippen LogP contribution in [-0.4, -0.2) is 19.5 Å². The Hall–Kier alpha value is -8.41. The van der Waals surface area contributed by atoms with Gasteiger partial charge in [-0.3, -0.25) is 4.57 Å². The Kier molecular flexibility index (Phi) is 7.54. The molecule has 5 nitrogen and oxygen atoms in total. The molecule has 3 heterocycles. The van der Waals surface area contributed by atoms with Crippen LogP contribution in [0.1, 0.15) is 0 Å². The molecule has 0 saturated heterocycles. The number of nitrogens with zero attached hydrogens (tertiary/aromatic N) is 4. The molecule has 13 aromatic rings. The molecule has 0 aliphatic carbocycles. The van der Waals surface area contributed by atoms with Gasteiger partial charge in [-0.25, -0.2) is 4.98 Å². The molecule has 0 fully saturated rings. The lowest BCUT2D eigenvalue weighted by atomic mass is 9.98. The lowest BCUT2D eigenvalue weighted by molar-refractivity contribution is 0.669. The third-order valence-corrected chi connectivity index (χ3v) is 12.4. The van der Waals surface area contributed by atoms with Crippen LogP contribution in [-0.2, 0) is 0 Å². The van der Waals surface area contributed by atoms with E-state index in [1.165, 1.54) is 38.1 Å². The fourth-order valence-corrected chi connectivity index (χ4v) is 9.36. The zero-order valence-electron chi connectivity index (χ0n) is 33.3. The predicted molar refractivity (Wildman–Crippen MR) is 256 cm³/mol. The quantitative estimate of drug-likeness (QED) is 0.174. The molecule has 13 rings (SSSR count). The highest BCUT2D eigenvalue weighted by Gasteiger charge is 2.21. The Balaban J connectivity index is 1.06. The fraction of sp³-hybridized carbons (Fsp3) is 0. The summed E-state index contributed by atoms with van der Waals surface area (Å²) in [4.78, 5) is 16.1. The molecule has 10 aromatic carbocycles. The SMILES string of the molecule is c1ccc(-c2cccc(-c3cccc(-c4nc(-c5ccc6oc7cc8ccccc8cc7c6c5)nc(-n5c6cc7ccccc7cc6c6c7ccccc7ccc65)n4)c3)c2)cc1. The van der Waals surface area contributed by atoms with Gasteiger partial charge in [-0.15, -0.1) is 0 Å². The second kappa shape index (κ2) is 13.6. The number of hydrogen-bond donors (Lipinski definition) is 0. The maximum atomic E-state index is 6.43. The fourth-order valence-electron chi connectivity index (χ4n) is 9.36. The summed E-state index contributed by atoms with van der Waals surface area (Å²) in [5, 5.41) is 11.4. The number of fused-ring (bicyclic) bond motifs is 10. The van der Waals surface area contributed by atoms with Gasteiger partial charge >= 0.3 is 0 Å². The van der Waals surface area contributed by atoms with E-state index in [2.05, 4.69) is 205 Å². The number of benzene rings is 10. The number of hydrogen-bond acceptors (Lipinski definition) is 4. The van der Waals surface area contributed by atoms with E-state index in [1.807, 2.05) is 6.07 Å². The van der Waals surface area contributed by atoms with Crippen LogP contribution in [0, 0.1) is 0 Å². The Labute approximate surface area is 355 Å². The molecule has 0 spiro atoms. The molecule has 288 valence electrons. The Morgan fingerprint density at radius 3 is 1.60 bits per heavy atom. The van der Waals surface area contributed by atoms with Gasteiger partial charge in [0.25, 0.3) is 0 Å². The van der Waals surface area contributed by atoms with Crippen molar-refractivity contribution in [3.8, 4) is 51.0 Å². The van der Waals surface area contributed by atoms with E-state index >= 15 is 0 Å². The van der Waals surface area contributed by atoms with Crippen LogP contribution in [0.25, 0.3) is 127 Å². The van der Waals surface area contributed by atoms with E-state index in [0.29, 0.717) is 17.6 Å². The van der Waals surface area contributed by atoms with Gasteiger partial charge in [-0.1, -0.05) is 146 Å². The van der Waals surface area contributed by atoms with Gasteiger partial charge in [0, 0.05) is 32.7 Å². The van der Waals surface area contributed by atoms with Crippen molar-refractivity contribution in [1.82, 2.24) is 19.5 Å². The molecule has 0 N–H and O–H groups in total. The zero-order valence-corrected chi connectivity index (χ0v) is 33.3. The van der Waals surface area contributed by atoms with Gasteiger partial charge in [0.15, 0.2) is 11.6 Å². The zero-order chi connectivity index (χ0) is 40.7. The van der Waals surface area contributed by atoms with E-state index in [9.17, 15) is 0 Å². The van der Waals surface area contributed by atoms with Crippen molar-refractivity contribution < 1.29 is 4.42 Å². The topological polar surface area (TPSA) is 56.7 Å². The summed E-state index contributed by atoms with van der Waals surface area (Å²) in [6.45, 7) is 0. The molecule has 62 heavy (non-hydrogen) atoms. The van der Waals surface area contributed by atoms with Crippen LogP contribution in [0.4, 0.5) is 0 Å². The van der Waals surface area contributed by atoms with Crippen molar-refractivity contribution in [2.45, 2.75) is 0 Å². The lowest BCUT2D eigenvalue weighted by Crippen LogP contribution is -2.06. The smallest absolute Gasteiger partial charge is 0.238 e. The van der Waals surface area contributed by atoms with E-state index in [-0.39, 0.29) is 0 Å². The van der Waals surface area contributed by atoms with Gasteiger partial charge < -0.3 is 4.42 Å². The summed E-state index contributed by atoms with van der Waals surface area (Å²) in [6.07, 6.45) is 0. The first kappa shape index (κ1) is 34.5. The Morgan fingerprint density at radius 2 is 0.855 bits per heavy atom. The van der Waals surface area contributed by atoms with Gasteiger partial charge in [0.05, 0.1) is 11.0 Å². The number of rotatable bonds is 5. The first-order chi connectivity index (χ1) is 30.7. The molecule has 0 unspecified atom stereocenters. The predicted octanol–water partition coefficient (Wildman–Crippen LogP) is 15.0. The van der Waals surface area contributed by atoms with E-state index in [4.69, 9.17) is 19.4 Å². The van der Waals surface area contributed by atoms with Crippen molar-refractivity contribution in [2.75, 3.05) is 0 Å². The lowest BCUT2D eigenvalue weighted by Gasteiger charge is -2.12. The molecular weight excluding hydrogens is 757 g/mol. The van der Waals surface area contributed by atoms with E-state index in [1.54, 1.807) is 0 Å².